The van der Waals surface area contributed by atoms with Gasteiger partial charge in [0.2, 0.25) is 0 Å². The van der Waals surface area contributed by atoms with Crippen molar-refractivity contribution < 1.29 is 13.5 Å². The van der Waals surface area contributed by atoms with Crippen molar-refractivity contribution in [3.05, 3.63) is 0 Å². The normalized spacial score (nSPS) is 26.1. The molecular formula is C12H24O3S. The molecule has 0 aromatic heterocycles. The van der Waals surface area contributed by atoms with Gasteiger partial charge in [0.15, 0.2) is 9.84 Å². The molecule has 0 aromatic rings. The van der Waals surface area contributed by atoms with E-state index in [1.165, 1.54) is 0 Å². The van der Waals surface area contributed by atoms with Crippen LogP contribution in [0.1, 0.15) is 46.0 Å². The van der Waals surface area contributed by atoms with E-state index in [1.807, 2.05) is 0 Å². The van der Waals surface area contributed by atoms with Crippen LogP contribution in [0.3, 0.4) is 0 Å². The summed E-state index contributed by atoms with van der Waals surface area (Å²) in [6, 6.07) is 0. The number of rotatable bonds is 6. The molecule has 0 radical (unpaired) electrons. The Labute approximate surface area is 99.2 Å². The van der Waals surface area contributed by atoms with Crippen LogP contribution in [0.25, 0.3) is 0 Å². The quantitative estimate of drug-likeness (QED) is 0.782. The van der Waals surface area contributed by atoms with Gasteiger partial charge in [-0.05, 0) is 31.1 Å². The average Bonchev–Trinajstić information content (AvgIpc) is 2.54. The van der Waals surface area contributed by atoms with E-state index in [0.717, 1.165) is 25.7 Å². The molecule has 96 valence electrons. The molecule has 1 rings (SSSR count). The number of aliphatic hydroxyl groups is 1. The van der Waals surface area contributed by atoms with Crippen LogP contribution in [-0.4, -0.2) is 31.1 Å². The minimum Gasteiger partial charge on any atom is -0.393 e. The van der Waals surface area contributed by atoms with Crippen molar-refractivity contribution in [3.63, 3.8) is 0 Å². The monoisotopic (exact) mass is 248 g/mol. The minimum atomic E-state index is -2.79. The highest BCUT2D eigenvalue weighted by Crippen LogP contribution is 2.26. The fourth-order valence-corrected chi connectivity index (χ4v) is 4.43. The smallest absolute Gasteiger partial charge is 0.150 e. The number of hydrogen-bond donors (Lipinski definition) is 1. The summed E-state index contributed by atoms with van der Waals surface area (Å²) in [7, 11) is -2.79. The summed E-state index contributed by atoms with van der Waals surface area (Å²) in [5.74, 6) is 1.37. The first kappa shape index (κ1) is 14.0. The average molecular weight is 248 g/mol. The molecule has 1 aliphatic heterocycles. The lowest BCUT2D eigenvalue weighted by Crippen LogP contribution is -2.18. The van der Waals surface area contributed by atoms with Gasteiger partial charge in [0, 0.05) is 0 Å². The Morgan fingerprint density at radius 2 is 1.94 bits per heavy atom. The molecule has 1 aliphatic rings. The summed E-state index contributed by atoms with van der Waals surface area (Å²) in [6.07, 6.45) is 4.09. The highest BCUT2D eigenvalue weighted by molar-refractivity contribution is 7.91. The second kappa shape index (κ2) is 6.01. The summed E-state index contributed by atoms with van der Waals surface area (Å²) in [6.45, 7) is 4.28. The third-order valence-corrected chi connectivity index (χ3v) is 5.53. The van der Waals surface area contributed by atoms with E-state index >= 15 is 0 Å². The molecule has 2 atom stereocenters. The molecule has 1 saturated heterocycles. The van der Waals surface area contributed by atoms with Gasteiger partial charge in [-0.15, -0.1) is 0 Å². The van der Waals surface area contributed by atoms with Crippen LogP contribution < -0.4 is 0 Å². The van der Waals surface area contributed by atoms with Crippen LogP contribution in [0.5, 0.6) is 0 Å². The van der Waals surface area contributed by atoms with Crippen LogP contribution in [0, 0.1) is 11.8 Å². The Hall–Kier alpha value is -0.0900. The predicted octanol–water partition coefficient (Wildman–Crippen LogP) is 2.00. The van der Waals surface area contributed by atoms with Crippen molar-refractivity contribution in [2.45, 2.75) is 52.1 Å². The Morgan fingerprint density at radius 1 is 1.31 bits per heavy atom. The molecule has 16 heavy (non-hydrogen) atoms. The van der Waals surface area contributed by atoms with Gasteiger partial charge in [-0.25, -0.2) is 8.42 Å². The maximum absolute atomic E-state index is 11.3. The highest BCUT2D eigenvalue weighted by Gasteiger charge is 2.29. The van der Waals surface area contributed by atoms with E-state index in [1.54, 1.807) is 0 Å². The van der Waals surface area contributed by atoms with E-state index in [9.17, 15) is 13.5 Å². The third kappa shape index (κ3) is 4.42. The fourth-order valence-electron chi connectivity index (χ4n) is 2.55. The van der Waals surface area contributed by atoms with Gasteiger partial charge in [0.25, 0.3) is 0 Å². The van der Waals surface area contributed by atoms with Crippen molar-refractivity contribution >= 4 is 9.84 Å². The first-order valence-electron chi connectivity index (χ1n) is 6.35. The summed E-state index contributed by atoms with van der Waals surface area (Å²) < 4.78 is 22.6. The maximum atomic E-state index is 11.3. The summed E-state index contributed by atoms with van der Waals surface area (Å²) in [4.78, 5) is 0. The van der Waals surface area contributed by atoms with Crippen LogP contribution in [0.2, 0.25) is 0 Å². The molecule has 0 spiro atoms. The molecule has 0 amide bonds. The van der Waals surface area contributed by atoms with Gasteiger partial charge in [0.1, 0.15) is 0 Å². The molecule has 1 fully saturated rings. The lowest BCUT2D eigenvalue weighted by atomic mass is 9.91. The summed E-state index contributed by atoms with van der Waals surface area (Å²) in [5.41, 5.74) is 0. The van der Waals surface area contributed by atoms with E-state index in [2.05, 4.69) is 13.8 Å². The second-order valence-corrected chi connectivity index (χ2v) is 7.31. The Balaban J connectivity index is 2.32. The zero-order valence-corrected chi connectivity index (χ0v) is 11.2. The zero-order chi connectivity index (χ0) is 12.2. The molecule has 3 nitrogen and oxygen atoms in total. The molecule has 0 aromatic carbocycles. The molecule has 0 aliphatic carbocycles. The van der Waals surface area contributed by atoms with Crippen LogP contribution >= 0.6 is 0 Å². The van der Waals surface area contributed by atoms with Crippen molar-refractivity contribution in [1.29, 1.82) is 0 Å². The van der Waals surface area contributed by atoms with Gasteiger partial charge >= 0.3 is 0 Å². The van der Waals surface area contributed by atoms with E-state index < -0.39 is 9.84 Å². The Kier molecular flexibility index (Phi) is 5.25. The summed E-state index contributed by atoms with van der Waals surface area (Å²) >= 11 is 0. The van der Waals surface area contributed by atoms with Crippen LogP contribution in [0.4, 0.5) is 0 Å². The van der Waals surface area contributed by atoms with Crippen LogP contribution in [0.15, 0.2) is 0 Å². The van der Waals surface area contributed by atoms with Crippen molar-refractivity contribution in [1.82, 2.24) is 0 Å². The van der Waals surface area contributed by atoms with Gasteiger partial charge in [-0.1, -0.05) is 26.7 Å². The standard InChI is InChI=1S/C12H24O3S/c1-3-10(4-2)7-12(13)8-11-5-6-16(14,15)9-11/h10-13H,3-9H2,1-2H3. The van der Waals surface area contributed by atoms with Gasteiger partial charge in [-0.3, -0.25) is 0 Å². The molecule has 1 heterocycles. The molecule has 1 N–H and O–H groups in total. The fraction of sp³-hybridized carbons (Fsp3) is 1.00. The molecular weight excluding hydrogens is 224 g/mol. The molecule has 0 bridgehead atoms. The first-order valence-corrected chi connectivity index (χ1v) is 8.17. The number of aliphatic hydroxyl groups excluding tert-OH is 1. The number of hydrogen-bond acceptors (Lipinski definition) is 3. The lowest BCUT2D eigenvalue weighted by Gasteiger charge is -2.19. The predicted molar refractivity (Wildman–Crippen MR) is 66.1 cm³/mol. The second-order valence-electron chi connectivity index (χ2n) is 5.08. The zero-order valence-electron chi connectivity index (χ0n) is 10.4. The van der Waals surface area contributed by atoms with E-state index in [4.69, 9.17) is 0 Å². The molecule has 4 heteroatoms. The largest absolute Gasteiger partial charge is 0.393 e. The van der Waals surface area contributed by atoms with Gasteiger partial charge in [-0.2, -0.15) is 0 Å². The number of sulfone groups is 1. The Bertz CT molecular complexity index is 293. The molecule has 2 unspecified atom stereocenters. The van der Waals surface area contributed by atoms with Gasteiger partial charge in [0.05, 0.1) is 17.6 Å². The van der Waals surface area contributed by atoms with Crippen LogP contribution in [-0.2, 0) is 9.84 Å². The third-order valence-electron chi connectivity index (χ3n) is 3.69. The maximum Gasteiger partial charge on any atom is 0.150 e. The molecule has 0 saturated carbocycles. The van der Waals surface area contributed by atoms with E-state index in [0.29, 0.717) is 18.1 Å². The summed E-state index contributed by atoms with van der Waals surface area (Å²) in [5, 5.41) is 9.92. The van der Waals surface area contributed by atoms with Gasteiger partial charge < -0.3 is 5.11 Å². The van der Waals surface area contributed by atoms with Crippen molar-refractivity contribution in [2.24, 2.45) is 11.8 Å². The first-order chi connectivity index (χ1) is 7.46. The van der Waals surface area contributed by atoms with Crippen molar-refractivity contribution in [2.75, 3.05) is 11.5 Å². The van der Waals surface area contributed by atoms with E-state index in [-0.39, 0.29) is 17.8 Å². The Morgan fingerprint density at radius 3 is 2.38 bits per heavy atom. The SMILES string of the molecule is CCC(CC)CC(O)CC1CCS(=O)(=O)C1. The highest BCUT2D eigenvalue weighted by atomic mass is 32.2. The minimum absolute atomic E-state index is 0.189. The lowest BCUT2D eigenvalue weighted by molar-refractivity contribution is 0.115. The topological polar surface area (TPSA) is 54.4 Å². The van der Waals surface area contributed by atoms with Crippen molar-refractivity contribution in [3.8, 4) is 0 Å².